The van der Waals surface area contributed by atoms with Crippen LogP contribution in [0, 0.1) is 0 Å². The monoisotopic (exact) mass is 198 g/mol. The van der Waals surface area contributed by atoms with Gasteiger partial charge in [-0.1, -0.05) is 0 Å². The molecule has 1 aromatic heterocycles. The zero-order chi connectivity index (χ0) is 10.6. The summed E-state index contributed by atoms with van der Waals surface area (Å²) in [5.74, 6) is 5.88. The number of nitrogens with zero attached hydrogens (tertiary/aromatic N) is 3. The maximum Gasteiger partial charge on any atom is 0.228 e. The largest absolute Gasteiger partial charge is 0.368 e. The van der Waals surface area contributed by atoms with Crippen LogP contribution in [0.25, 0.3) is 0 Å². The van der Waals surface area contributed by atoms with Gasteiger partial charge in [-0.15, -0.1) is 0 Å². The number of nitrogen functional groups attached to an aromatic ring is 1. The molecule has 7 heteroatoms. The lowest BCUT2D eigenvalue weighted by molar-refractivity contribution is 0.118. The molecule has 0 radical (unpaired) electrons. The molecular weight excluding hydrogens is 184 g/mol. The molecule has 0 aromatic carbocycles. The highest BCUT2D eigenvalue weighted by Gasteiger charge is 2.04. The molecule has 7 nitrogen and oxygen atoms in total. The Hall–Kier alpha value is -1.47. The van der Waals surface area contributed by atoms with Crippen LogP contribution in [0.3, 0.4) is 0 Å². The molecule has 0 aliphatic rings. The van der Waals surface area contributed by atoms with Crippen LogP contribution in [0.2, 0.25) is 0 Å². The van der Waals surface area contributed by atoms with E-state index in [0.29, 0.717) is 11.8 Å². The van der Waals surface area contributed by atoms with E-state index in [-0.39, 0.29) is 18.6 Å². The second-order valence-corrected chi connectivity index (χ2v) is 3.04. The van der Waals surface area contributed by atoms with Crippen LogP contribution in [-0.2, 0) is 11.4 Å². The fourth-order valence-corrected chi connectivity index (χ4v) is 0.900. The normalized spacial score (nSPS) is 10.6. The smallest absolute Gasteiger partial charge is 0.228 e. The fourth-order valence-electron chi connectivity index (χ4n) is 0.900. The number of nitrogens with two attached hydrogens (primary N) is 2. The third-order valence-corrected chi connectivity index (χ3v) is 1.33. The molecule has 0 fully saturated rings. The maximum atomic E-state index is 5.47. The molecule has 0 bridgehead atoms. The summed E-state index contributed by atoms with van der Waals surface area (Å²) in [5, 5.41) is 3.01. The van der Waals surface area contributed by atoms with Gasteiger partial charge in [-0.25, -0.2) is 5.90 Å². The molecule has 0 aliphatic carbocycles. The van der Waals surface area contributed by atoms with Crippen molar-refractivity contribution >= 4 is 11.9 Å². The highest BCUT2D eigenvalue weighted by atomic mass is 16.6. The molecular formula is C7H14N6O. The van der Waals surface area contributed by atoms with Crippen LogP contribution < -0.4 is 16.9 Å². The van der Waals surface area contributed by atoms with E-state index < -0.39 is 0 Å². The zero-order valence-electron chi connectivity index (χ0n) is 8.19. The molecule has 1 rings (SSSR count). The molecule has 1 aromatic rings. The minimum Gasteiger partial charge on any atom is -0.368 e. The molecule has 0 saturated carbocycles. The zero-order valence-corrected chi connectivity index (χ0v) is 8.19. The van der Waals surface area contributed by atoms with E-state index in [1.54, 1.807) is 0 Å². The predicted octanol–water partition coefficient (Wildman–Crippen LogP) is -0.336. The van der Waals surface area contributed by atoms with Crippen LogP contribution >= 0.6 is 0 Å². The average Bonchev–Trinajstić information content (AvgIpc) is 2.01. The van der Waals surface area contributed by atoms with Crippen LogP contribution in [-0.4, -0.2) is 21.0 Å². The van der Waals surface area contributed by atoms with Gasteiger partial charge in [0.15, 0.2) is 5.82 Å². The average molecular weight is 198 g/mol. The summed E-state index contributed by atoms with van der Waals surface area (Å²) in [6, 6.07) is 0.225. The first-order valence-electron chi connectivity index (χ1n) is 4.20. The SMILES string of the molecule is CC(C)Nc1nc(N)nc(CON)n1. The van der Waals surface area contributed by atoms with E-state index in [4.69, 9.17) is 11.6 Å². The van der Waals surface area contributed by atoms with Gasteiger partial charge in [0.1, 0.15) is 6.61 Å². The van der Waals surface area contributed by atoms with Gasteiger partial charge in [0, 0.05) is 6.04 Å². The van der Waals surface area contributed by atoms with E-state index in [2.05, 4.69) is 25.1 Å². The highest BCUT2D eigenvalue weighted by molar-refractivity contribution is 5.31. The van der Waals surface area contributed by atoms with Crippen molar-refractivity contribution in [2.75, 3.05) is 11.1 Å². The van der Waals surface area contributed by atoms with Crippen molar-refractivity contribution in [3.63, 3.8) is 0 Å². The first kappa shape index (κ1) is 10.6. The molecule has 1 heterocycles. The first-order chi connectivity index (χ1) is 6.61. The Morgan fingerprint density at radius 3 is 2.64 bits per heavy atom. The van der Waals surface area contributed by atoms with Crippen molar-refractivity contribution in [2.45, 2.75) is 26.5 Å². The van der Waals surface area contributed by atoms with E-state index >= 15 is 0 Å². The Bertz CT molecular complexity index is 302. The first-order valence-corrected chi connectivity index (χ1v) is 4.20. The molecule has 0 aliphatic heterocycles. The lowest BCUT2D eigenvalue weighted by Crippen LogP contribution is -2.16. The van der Waals surface area contributed by atoms with Gasteiger partial charge in [-0.05, 0) is 13.8 Å². The lowest BCUT2D eigenvalue weighted by Gasteiger charge is -2.08. The van der Waals surface area contributed by atoms with Gasteiger partial charge in [-0.2, -0.15) is 15.0 Å². The van der Waals surface area contributed by atoms with Gasteiger partial charge < -0.3 is 11.1 Å². The van der Waals surface area contributed by atoms with Crippen molar-refractivity contribution in [1.29, 1.82) is 0 Å². The van der Waals surface area contributed by atoms with Gasteiger partial charge >= 0.3 is 0 Å². The Kier molecular flexibility index (Phi) is 3.55. The van der Waals surface area contributed by atoms with Crippen LogP contribution in [0.1, 0.15) is 19.7 Å². The number of aromatic nitrogens is 3. The van der Waals surface area contributed by atoms with Crippen LogP contribution in [0.15, 0.2) is 0 Å². The maximum absolute atomic E-state index is 5.47. The molecule has 78 valence electrons. The van der Waals surface area contributed by atoms with Gasteiger partial charge in [0.25, 0.3) is 0 Å². The molecule has 0 atom stereocenters. The molecule has 14 heavy (non-hydrogen) atoms. The molecule has 0 spiro atoms. The summed E-state index contributed by atoms with van der Waals surface area (Å²) in [5.41, 5.74) is 5.47. The summed E-state index contributed by atoms with van der Waals surface area (Å²) < 4.78 is 0. The van der Waals surface area contributed by atoms with Crippen molar-refractivity contribution in [3.05, 3.63) is 5.82 Å². The number of rotatable bonds is 4. The Morgan fingerprint density at radius 2 is 2.07 bits per heavy atom. The molecule has 0 amide bonds. The van der Waals surface area contributed by atoms with Crippen molar-refractivity contribution in [2.24, 2.45) is 5.90 Å². The standard InChI is InChI=1S/C7H14N6O/c1-4(2)10-7-12-5(3-14-9)11-6(8)13-7/h4H,3,9H2,1-2H3,(H3,8,10,11,12,13). The second kappa shape index (κ2) is 4.68. The van der Waals surface area contributed by atoms with E-state index in [1.165, 1.54) is 0 Å². The minimum absolute atomic E-state index is 0.111. The molecule has 0 saturated heterocycles. The van der Waals surface area contributed by atoms with E-state index in [1.807, 2.05) is 13.8 Å². The third kappa shape index (κ3) is 3.11. The molecule has 0 unspecified atom stereocenters. The fraction of sp³-hybridized carbons (Fsp3) is 0.571. The number of nitrogens with one attached hydrogen (secondary N) is 1. The number of anilines is 2. The predicted molar refractivity (Wildman–Crippen MR) is 52.0 cm³/mol. The minimum atomic E-state index is 0.111. The number of hydrogen-bond donors (Lipinski definition) is 3. The van der Waals surface area contributed by atoms with Crippen molar-refractivity contribution in [3.8, 4) is 0 Å². The van der Waals surface area contributed by atoms with Gasteiger partial charge in [-0.3, -0.25) is 4.84 Å². The van der Waals surface area contributed by atoms with E-state index in [0.717, 1.165) is 0 Å². The third-order valence-electron chi connectivity index (χ3n) is 1.33. The number of hydrogen-bond acceptors (Lipinski definition) is 7. The Balaban J connectivity index is 2.83. The van der Waals surface area contributed by atoms with Crippen molar-refractivity contribution in [1.82, 2.24) is 15.0 Å². The topological polar surface area (TPSA) is 112 Å². The summed E-state index contributed by atoms with van der Waals surface area (Å²) in [6.07, 6.45) is 0. The highest BCUT2D eigenvalue weighted by Crippen LogP contribution is 2.04. The van der Waals surface area contributed by atoms with Crippen molar-refractivity contribution < 1.29 is 4.84 Å². The Labute approximate surface area is 81.8 Å². The summed E-state index contributed by atoms with van der Waals surface area (Å²) in [4.78, 5) is 16.2. The summed E-state index contributed by atoms with van der Waals surface area (Å²) in [7, 11) is 0. The Morgan fingerprint density at radius 1 is 1.36 bits per heavy atom. The van der Waals surface area contributed by atoms with E-state index in [9.17, 15) is 0 Å². The molecule has 5 N–H and O–H groups in total. The lowest BCUT2D eigenvalue weighted by atomic mass is 10.4. The van der Waals surface area contributed by atoms with Gasteiger partial charge in [0.05, 0.1) is 0 Å². The van der Waals surface area contributed by atoms with Crippen LogP contribution in [0.4, 0.5) is 11.9 Å². The summed E-state index contributed by atoms with van der Waals surface area (Å²) >= 11 is 0. The van der Waals surface area contributed by atoms with Crippen LogP contribution in [0.5, 0.6) is 0 Å². The quantitative estimate of drug-likeness (QED) is 0.567. The second-order valence-electron chi connectivity index (χ2n) is 3.04. The summed E-state index contributed by atoms with van der Waals surface area (Å²) in [6.45, 7) is 4.05. The van der Waals surface area contributed by atoms with Gasteiger partial charge in [0.2, 0.25) is 11.9 Å².